The third kappa shape index (κ3) is 4.13. The van der Waals surface area contributed by atoms with E-state index in [2.05, 4.69) is 5.32 Å². The van der Waals surface area contributed by atoms with Crippen LogP contribution in [0, 0.1) is 0 Å². The summed E-state index contributed by atoms with van der Waals surface area (Å²) in [7, 11) is 0. The van der Waals surface area contributed by atoms with Crippen LogP contribution in [0.3, 0.4) is 0 Å². The molecule has 0 unspecified atom stereocenters. The minimum absolute atomic E-state index is 0.142. The normalized spacial score (nSPS) is 11.9. The van der Waals surface area contributed by atoms with E-state index in [1.165, 1.54) is 6.07 Å². The maximum atomic E-state index is 12.5. The van der Waals surface area contributed by atoms with E-state index in [-0.39, 0.29) is 18.6 Å². The zero-order valence-corrected chi connectivity index (χ0v) is 15.6. The van der Waals surface area contributed by atoms with Gasteiger partial charge in [0, 0.05) is 22.4 Å². The molecule has 0 aliphatic heterocycles. The highest BCUT2D eigenvalue weighted by Gasteiger charge is 2.18. The summed E-state index contributed by atoms with van der Waals surface area (Å²) < 4.78 is 10.7. The monoisotopic (exact) mass is 391 g/mol. The fourth-order valence-electron chi connectivity index (χ4n) is 2.90. The Hall–Kier alpha value is -3.38. The summed E-state index contributed by atoms with van der Waals surface area (Å²) >= 11 is 1.59. The van der Waals surface area contributed by atoms with Crippen molar-refractivity contribution in [2.75, 3.05) is 6.61 Å². The van der Waals surface area contributed by atoms with Crippen molar-refractivity contribution in [2.45, 2.75) is 6.04 Å². The predicted molar refractivity (Wildman–Crippen MR) is 109 cm³/mol. The molecule has 0 saturated heterocycles. The minimum atomic E-state index is -0.427. The second-order valence-electron chi connectivity index (χ2n) is 6.17. The van der Waals surface area contributed by atoms with Crippen LogP contribution in [0.15, 0.2) is 87.4 Å². The van der Waals surface area contributed by atoms with Crippen LogP contribution in [0.5, 0.6) is 5.75 Å². The SMILES string of the molecule is O=C(COc1ccc2ccc(=O)oc2c1)N[C@H](c1ccccc1)c1cccs1. The van der Waals surface area contributed by atoms with Crippen LogP contribution in [0.25, 0.3) is 11.0 Å². The second-order valence-corrected chi connectivity index (χ2v) is 7.15. The third-order valence-electron chi connectivity index (χ3n) is 4.23. The lowest BCUT2D eigenvalue weighted by molar-refractivity contribution is -0.123. The van der Waals surface area contributed by atoms with Crippen LogP contribution in [-0.2, 0) is 4.79 Å². The average molecular weight is 391 g/mol. The van der Waals surface area contributed by atoms with Crippen LogP contribution >= 0.6 is 11.3 Å². The molecule has 2 aromatic heterocycles. The van der Waals surface area contributed by atoms with Crippen molar-refractivity contribution in [3.05, 3.63) is 99.0 Å². The summed E-state index contributed by atoms with van der Waals surface area (Å²) in [4.78, 5) is 24.9. The largest absolute Gasteiger partial charge is 0.484 e. The van der Waals surface area contributed by atoms with Gasteiger partial charge in [0.25, 0.3) is 5.91 Å². The number of hydrogen-bond acceptors (Lipinski definition) is 5. The standard InChI is InChI=1S/C22H17NO4S/c24-20(14-26-17-10-8-15-9-11-21(25)27-18(15)13-17)23-22(19-7-4-12-28-19)16-5-2-1-3-6-16/h1-13,22H,14H2,(H,23,24)/t22-/m1/s1. The molecule has 2 aromatic carbocycles. The number of hydrogen-bond donors (Lipinski definition) is 1. The summed E-state index contributed by atoms with van der Waals surface area (Å²) in [6, 6.07) is 21.7. The lowest BCUT2D eigenvalue weighted by Gasteiger charge is -2.18. The maximum absolute atomic E-state index is 12.5. The molecule has 1 atom stereocenters. The van der Waals surface area contributed by atoms with Gasteiger partial charge in [-0.1, -0.05) is 36.4 Å². The van der Waals surface area contributed by atoms with Gasteiger partial charge < -0.3 is 14.5 Å². The molecule has 5 nitrogen and oxygen atoms in total. The second kappa shape index (κ2) is 8.10. The summed E-state index contributed by atoms with van der Waals surface area (Å²) in [6.45, 7) is -0.142. The van der Waals surface area contributed by atoms with Crippen molar-refractivity contribution < 1.29 is 13.9 Å². The minimum Gasteiger partial charge on any atom is -0.484 e. The molecule has 2 heterocycles. The van der Waals surface area contributed by atoms with Crippen molar-refractivity contribution in [3.8, 4) is 5.75 Å². The van der Waals surface area contributed by atoms with Gasteiger partial charge in [-0.2, -0.15) is 0 Å². The number of nitrogens with one attached hydrogen (secondary N) is 1. The van der Waals surface area contributed by atoms with E-state index in [1.54, 1.807) is 35.6 Å². The summed E-state index contributed by atoms with van der Waals surface area (Å²) in [5.41, 5.74) is 1.00. The quantitative estimate of drug-likeness (QED) is 0.502. The molecule has 4 rings (SSSR count). The number of fused-ring (bicyclic) bond motifs is 1. The highest BCUT2D eigenvalue weighted by Crippen LogP contribution is 2.26. The Morgan fingerprint density at radius 3 is 2.64 bits per heavy atom. The van der Waals surface area contributed by atoms with Gasteiger partial charge in [-0.3, -0.25) is 4.79 Å². The zero-order valence-electron chi connectivity index (χ0n) is 14.8. The van der Waals surface area contributed by atoms with Gasteiger partial charge in [-0.15, -0.1) is 11.3 Å². The number of carbonyl (C=O) groups is 1. The molecule has 1 amide bonds. The van der Waals surface area contributed by atoms with E-state index in [0.29, 0.717) is 11.3 Å². The van der Waals surface area contributed by atoms with Gasteiger partial charge in [0.2, 0.25) is 0 Å². The summed E-state index contributed by atoms with van der Waals surface area (Å²) in [5, 5.41) is 5.80. The Balaban J connectivity index is 1.46. The van der Waals surface area contributed by atoms with E-state index in [0.717, 1.165) is 15.8 Å². The van der Waals surface area contributed by atoms with Crippen LogP contribution in [0.4, 0.5) is 0 Å². The van der Waals surface area contributed by atoms with E-state index >= 15 is 0 Å². The summed E-state index contributed by atoms with van der Waals surface area (Å²) in [5.74, 6) is 0.223. The highest BCUT2D eigenvalue weighted by atomic mass is 32.1. The molecule has 6 heteroatoms. The van der Waals surface area contributed by atoms with Gasteiger partial charge in [0.1, 0.15) is 11.3 Å². The lowest BCUT2D eigenvalue weighted by atomic mass is 10.1. The Kier molecular flexibility index (Phi) is 5.21. The van der Waals surface area contributed by atoms with E-state index in [9.17, 15) is 9.59 Å². The molecule has 0 bridgehead atoms. The number of amides is 1. The first kappa shape index (κ1) is 18.0. The molecule has 1 N–H and O–H groups in total. The third-order valence-corrected chi connectivity index (χ3v) is 5.17. The van der Waals surface area contributed by atoms with Crippen molar-refractivity contribution in [1.82, 2.24) is 5.32 Å². The number of thiophene rings is 1. The van der Waals surface area contributed by atoms with Crippen LogP contribution in [0.2, 0.25) is 0 Å². The molecule has 28 heavy (non-hydrogen) atoms. The zero-order chi connectivity index (χ0) is 19.3. The molecule has 0 saturated carbocycles. The van der Waals surface area contributed by atoms with Gasteiger partial charge in [-0.05, 0) is 35.2 Å². The number of rotatable bonds is 6. The molecule has 140 valence electrons. The van der Waals surface area contributed by atoms with E-state index in [4.69, 9.17) is 9.15 Å². The van der Waals surface area contributed by atoms with Gasteiger partial charge >= 0.3 is 5.63 Å². The first-order chi connectivity index (χ1) is 13.7. The Morgan fingerprint density at radius 1 is 1.04 bits per heavy atom. The van der Waals surface area contributed by atoms with Crippen molar-refractivity contribution in [2.24, 2.45) is 0 Å². The number of carbonyl (C=O) groups excluding carboxylic acids is 1. The first-order valence-corrected chi connectivity index (χ1v) is 9.61. The fourth-order valence-corrected chi connectivity index (χ4v) is 3.70. The molecular formula is C22H17NO4S. The van der Waals surface area contributed by atoms with Crippen LogP contribution in [-0.4, -0.2) is 12.5 Å². The van der Waals surface area contributed by atoms with Crippen molar-refractivity contribution >= 4 is 28.2 Å². The van der Waals surface area contributed by atoms with E-state index < -0.39 is 5.63 Å². The fraction of sp³-hybridized carbons (Fsp3) is 0.0909. The first-order valence-electron chi connectivity index (χ1n) is 8.73. The number of ether oxygens (including phenoxy) is 1. The Morgan fingerprint density at radius 2 is 1.86 bits per heavy atom. The molecule has 0 aliphatic carbocycles. The number of benzene rings is 2. The molecule has 0 aliphatic rings. The topological polar surface area (TPSA) is 68.5 Å². The highest BCUT2D eigenvalue weighted by molar-refractivity contribution is 7.10. The molecule has 0 radical (unpaired) electrons. The predicted octanol–water partition coefficient (Wildman–Crippen LogP) is 4.14. The van der Waals surface area contributed by atoms with Crippen molar-refractivity contribution in [3.63, 3.8) is 0 Å². The van der Waals surface area contributed by atoms with Gasteiger partial charge in [0.15, 0.2) is 6.61 Å². The van der Waals surface area contributed by atoms with Crippen LogP contribution in [0.1, 0.15) is 16.5 Å². The van der Waals surface area contributed by atoms with Crippen LogP contribution < -0.4 is 15.7 Å². The Labute approximate surface area is 165 Å². The van der Waals surface area contributed by atoms with Gasteiger partial charge in [-0.25, -0.2) is 4.79 Å². The van der Waals surface area contributed by atoms with Crippen molar-refractivity contribution in [1.29, 1.82) is 0 Å². The molecule has 0 fully saturated rings. The smallest absolute Gasteiger partial charge is 0.336 e. The average Bonchev–Trinajstić information content (AvgIpc) is 3.25. The maximum Gasteiger partial charge on any atom is 0.336 e. The molecular weight excluding hydrogens is 374 g/mol. The molecule has 0 spiro atoms. The molecule has 4 aromatic rings. The summed E-state index contributed by atoms with van der Waals surface area (Å²) in [6.07, 6.45) is 0. The lowest BCUT2D eigenvalue weighted by Crippen LogP contribution is -2.32. The Bertz CT molecular complexity index is 1140. The van der Waals surface area contributed by atoms with Gasteiger partial charge in [0.05, 0.1) is 6.04 Å². The van der Waals surface area contributed by atoms with E-state index in [1.807, 2.05) is 47.8 Å².